The van der Waals surface area contributed by atoms with Crippen molar-refractivity contribution < 1.29 is 9.53 Å². The highest BCUT2D eigenvalue weighted by atomic mass is 79.9. The zero-order valence-corrected chi connectivity index (χ0v) is 19.4. The van der Waals surface area contributed by atoms with Crippen LogP contribution >= 0.6 is 28.1 Å². The number of carbonyl (C=O) groups is 1. The molecule has 0 heterocycles. The van der Waals surface area contributed by atoms with Gasteiger partial charge < -0.3 is 10.1 Å². The summed E-state index contributed by atoms with van der Waals surface area (Å²) in [5, 5.41) is 6.25. The number of rotatable bonds is 8. The molecule has 158 valence electrons. The van der Waals surface area contributed by atoms with Gasteiger partial charge in [-0.3, -0.25) is 10.1 Å². The molecule has 0 spiro atoms. The fourth-order valence-electron chi connectivity index (χ4n) is 3.41. The summed E-state index contributed by atoms with van der Waals surface area (Å²) in [5.41, 5.74) is 3.12. The molecule has 0 aliphatic heterocycles. The van der Waals surface area contributed by atoms with Gasteiger partial charge in [-0.1, -0.05) is 57.9 Å². The topological polar surface area (TPSA) is 50.4 Å². The van der Waals surface area contributed by atoms with Crippen LogP contribution in [0.15, 0.2) is 64.7 Å². The molecule has 2 aromatic carbocycles. The summed E-state index contributed by atoms with van der Waals surface area (Å²) in [6.45, 7) is 1.22. The molecule has 3 rings (SSSR count). The predicted octanol–water partition coefficient (Wildman–Crippen LogP) is 5.57. The highest BCUT2D eigenvalue weighted by molar-refractivity contribution is 9.10. The van der Waals surface area contributed by atoms with Gasteiger partial charge in [0.2, 0.25) is 0 Å². The average Bonchev–Trinajstić information content (AvgIpc) is 2.76. The molecule has 6 heteroatoms. The lowest BCUT2D eigenvalue weighted by molar-refractivity contribution is 0.0972. The predicted molar refractivity (Wildman–Crippen MR) is 129 cm³/mol. The highest BCUT2D eigenvalue weighted by Gasteiger charge is 2.15. The van der Waals surface area contributed by atoms with Crippen LogP contribution in [0, 0.1) is 0 Å². The molecule has 1 aliphatic rings. The summed E-state index contributed by atoms with van der Waals surface area (Å²) < 4.78 is 6.72. The van der Waals surface area contributed by atoms with Crippen molar-refractivity contribution >= 4 is 39.2 Å². The van der Waals surface area contributed by atoms with Gasteiger partial charge in [0.15, 0.2) is 5.11 Å². The van der Waals surface area contributed by atoms with Gasteiger partial charge >= 0.3 is 0 Å². The second-order valence-corrected chi connectivity index (χ2v) is 8.62. The molecule has 0 unspecified atom stereocenters. The molecule has 1 aliphatic carbocycles. The fourth-order valence-corrected chi connectivity index (χ4v) is 3.97. The van der Waals surface area contributed by atoms with Gasteiger partial charge in [-0.15, -0.1) is 0 Å². The summed E-state index contributed by atoms with van der Waals surface area (Å²) in [6, 6.07) is 15.5. The van der Waals surface area contributed by atoms with Crippen molar-refractivity contribution in [2.24, 2.45) is 0 Å². The number of thiocarbonyl (C=S) groups is 1. The van der Waals surface area contributed by atoms with E-state index in [1.807, 2.05) is 24.3 Å². The molecule has 30 heavy (non-hydrogen) atoms. The molecular formula is C24H27BrN2O2S. The first-order valence-electron chi connectivity index (χ1n) is 10.3. The Hall–Kier alpha value is -2.18. The van der Waals surface area contributed by atoms with Gasteiger partial charge in [-0.05, 0) is 68.1 Å². The molecule has 0 fully saturated rings. The van der Waals surface area contributed by atoms with E-state index in [0.29, 0.717) is 23.0 Å². The lowest BCUT2D eigenvalue weighted by Gasteiger charge is -2.15. The number of hydrogen-bond donors (Lipinski definition) is 2. The highest BCUT2D eigenvalue weighted by Crippen LogP contribution is 2.24. The lowest BCUT2D eigenvalue weighted by Crippen LogP contribution is -2.39. The Bertz CT molecular complexity index is 899. The third kappa shape index (κ3) is 7.26. The second kappa shape index (κ2) is 11.9. The number of amides is 1. The van der Waals surface area contributed by atoms with Crippen LogP contribution in [0.2, 0.25) is 0 Å². The number of carbonyl (C=O) groups excluding carboxylic acids is 1. The third-order valence-corrected chi connectivity index (χ3v) is 5.76. The molecule has 0 bridgehead atoms. The van der Waals surface area contributed by atoms with Gasteiger partial charge in [-0.25, -0.2) is 0 Å². The smallest absolute Gasteiger partial charge is 0.261 e. The maximum absolute atomic E-state index is 12.8. The molecule has 0 saturated carbocycles. The largest absolute Gasteiger partial charge is 0.492 e. The Labute approximate surface area is 192 Å². The van der Waals surface area contributed by atoms with Crippen molar-refractivity contribution in [3.05, 3.63) is 75.8 Å². The maximum atomic E-state index is 12.8. The summed E-state index contributed by atoms with van der Waals surface area (Å²) >= 11 is 8.74. The van der Waals surface area contributed by atoms with E-state index in [4.69, 9.17) is 17.0 Å². The summed E-state index contributed by atoms with van der Waals surface area (Å²) in [5.74, 6) is 0.266. The molecule has 0 radical (unpaired) electrons. The van der Waals surface area contributed by atoms with E-state index in [0.717, 1.165) is 23.9 Å². The summed E-state index contributed by atoms with van der Waals surface area (Å²) in [7, 11) is 0. The van der Waals surface area contributed by atoms with E-state index < -0.39 is 0 Å². The van der Waals surface area contributed by atoms with Crippen LogP contribution in [-0.4, -0.2) is 24.2 Å². The van der Waals surface area contributed by atoms with E-state index >= 15 is 0 Å². The van der Waals surface area contributed by atoms with Crippen LogP contribution in [0.3, 0.4) is 0 Å². The van der Waals surface area contributed by atoms with Crippen molar-refractivity contribution in [2.75, 3.05) is 13.2 Å². The molecule has 2 aromatic rings. The Morgan fingerprint density at radius 3 is 2.70 bits per heavy atom. The molecular weight excluding hydrogens is 460 g/mol. The number of ether oxygens (including phenoxy) is 1. The van der Waals surface area contributed by atoms with Gasteiger partial charge in [0, 0.05) is 17.4 Å². The molecule has 0 saturated heterocycles. The van der Waals surface area contributed by atoms with Crippen LogP contribution in [0.1, 0.15) is 48.0 Å². The van der Waals surface area contributed by atoms with Crippen LogP contribution in [0.4, 0.5) is 0 Å². The minimum absolute atomic E-state index is 0.277. The first kappa shape index (κ1) is 22.5. The van der Waals surface area contributed by atoms with Crippen LogP contribution < -0.4 is 15.4 Å². The first-order chi connectivity index (χ1) is 14.6. The minimum Gasteiger partial charge on any atom is -0.492 e. The quantitative estimate of drug-likeness (QED) is 0.378. The Morgan fingerprint density at radius 1 is 1.10 bits per heavy atom. The van der Waals surface area contributed by atoms with Crippen molar-refractivity contribution in [2.45, 2.75) is 38.5 Å². The molecule has 4 nitrogen and oxygen atoms in total. The number of nitrogens with one attached hydrogen (secondary N) is 2. The first-order valence-corrected chi connectivity index (χ1v) is 11.6. The number of allylic oxidation sites excluding steroid dienone is 1. The lowest BCUT2D eigenvalue weighted by atomic mass is 9.97. The molecule has 0 atom stereocenters. The summed E-state index contributed by atoms with van der Waals surface area (Å²) in [6.07, 6.45) is 8.95. The second-order valence-electron chi connectivity index (χ2n) is 7.29. The van der Waals surface area contributed by atoms with E-state index in [2.05, 4.69) is 44.8 Å². The minimum atomic E-state index is -0.277. The number of benzene rings is 2. The SMILES string of the molecule is O=C(NC(=S)NCCC1=CCCCC1)c1cc(Br)ccc1OCCc1ccccc1. The maximum Gasteiger partial charge on any atom is 0.261 e. The van der Waals surface area contributed by atoms with E-state index in [1.54, 1.807) is 12.1 Å². The van der Waals surface area contributed by atoms with E-state index in [-0.39, 0.29) is 5.91 Å². The van der Waals surface area contributed by atoms with Crippen LogP contribution in [0.25, 0.3) is 0 Å². The van der Waals surface area contributed by atoms with Gasteiger partial charge in [0.1, 0.15) is 5.75 Å². The Balaban J connectivity index is 1.51. The van der Waals surface area contributed by atoms with E-state index in [1.165, 1.54) is 36.8 Å². The molecule has 1 amide bonds. The number of hydrogen-bond acceptors (Lipinski definition) is 3. The van der Waals surface area contributed by atoms with Crippen molar-refractivity contribution in [3.8, 4) is 5.75 Å². The Kier molecular flexibility index (Phi) is 8.90. The molecule has 0 aromatic heterocycles. The Morgan fingerprint density at radius 2 is 1.93 bits per heavy atom. The van der Waals surface area contributed by atoms with Crippen molar-refractivity contribution in [1.82, 2.24) is 10.6 Å². The monoisotopic (exact) mass is 486 g/mol. The van der Waals surface area contributed by atoms with Crippen molar-refractivity contribution in [1.29, 1.82) is 0 Å². The fraction of sp³-hybridized carbons (Fsp3) is 0.333. The van der Waals surface area contributed by atoms with Gasteiger partial charge in [0.25, 0.3) is 5.91 Å². The standard InChI is InChI=1S/C24H27BrN2O2S/c25-20-11-12-22(29-16-14-19-9-5-2-6-10-19)21(17-20)23(28)27-24(30)26-15-13-18-7-3-1-4-8-18/h2,5-7,9-12,17H,1,3-4,8,13-16H2,(H2,26,27,28,30). The zero-order chi connectivity index (χ0) is 21.2. The zero-order valence-electron chi connectivity index (χ0n) is 17.0. The average molecular weight is 487 g/mol. The van der Waals surface area contributed by atoms with Gasteiger partial charge in [-0.2, -0.15) is 0 Å². The van der Waals surface area contributed by atoms with Crippen molar-refractivity contribution in [3.63, 3.8) is 0 Å². The van der Waals surface area contributed by atoms with E-state index in [9.17, 15) is 4.79 Å². The van der Waals surface area contributed by atoms with Crippen LogP contribution in [0.5, 0.6) is 5.75 Å². The normalized spacial score (nSPS) is 13.3. The van der Waals surface area contributed by atoms with Gasteiger partial charge in [0.05, 0.1) is 12.2 Å². The third-order valence-electron chi connectivity index (χ3n) is 5.02. The molecule has 2 N–H and O–H groups in total. The van der Waals surface area contributed by atoms with Crippen LogP contribution in [-0.2, 0) is 6.42 Å². The number of halogens is 1. The summed E-state index contributed by atoms with van der Waals surface area (Å²) in [4.78, 5) is 12.8.